The van der Waals surface area contributed by atoms with Crippen LogP contribution in [-0.4, -0.2) is 37.0 Å². The third-order valence-electron chi connectivity index (χ3n) is 6.49. The van der Waals surface area contributed by atoms with E-state index in [1.807, 2.05) is 12.1 Å². The minimum Gasteiger partial charge on any atom is -0.493 e. The maximum absolute atomic E-state index is 13.5. The fraction of sp³-hybridized carbons (Fsp3) is 0.435. The Morgan fingerprint density at radius 2 is 2.07 bits per heavy atom. The van der Waals surface area contributed by atoms with E-state index >= 15 is 0 Å². The van der Waals surface area contributed by atoms with Crippen LogP contribution >= 0.6 is 0 Å². The highest BCUT2D eigenvalue weighted by atomic mass is 16.5. The molecule has 3 aliphatic rings. The number of benzene rings is 2. The predicted octanol–water partition coefficient (Wildman–Crippen LogP) is 3.35. The van der Waals surface area contributed by atoms with Gasteiger partial charge in [-0.2, -0.15) is 0 Å². The van der Waals surface area contributed by atoms with Gasteiger partial charge < -0.3 is 15.0 Å². The average Bonchev–Trinajstić information content (AvgIpc) is 3.29. The molecule has 4 heteroatoms. The number of nitrogens with one attached hydrogen (secondary N) is 1. The zero-order valence-electron chi connectivity index (χ0n) is 15.8. The van der Waals surface area contributed by atoms with Crippen LogP contribution in [0.15, 0.2) is 42.5 Å². The molecule has 1 amide bonds. The van der Waals surface area contributed by atoms with Gasteiger partial charge in [0.15, 0.2) is 0 Å². The molecule has 2 aromatic carbocycles. The fourth-order valence-electron chi connectivity index (χ4n) is 5.11. The molecule has 2 fully saturated rings. The number of ether oxygens (including phenoxy) is 1. The van der Waals surface area contributed by atoms with Gasteiger partial charge in [0.2, 0.25) is 0 Å². The van der Waals surface area contributed by atoms with E-state index in [-0.39, 0.29) is 11.9 Å². The molecule has 3 heterocycles. The second-order valence-electron chi connectivity index (χ2n) is 8.12. The first-order valence-corrected chi connectivity index (χ1v) is 10.1. The van der Waals surface area contributed by atoms with Crippen LogP contribution in [0.3, 0.4) is 0 Å². The second-order valence-corrected chi connectivity index (χ2v) is 8.12. The van der Waals surface area contributed by atoms with Crippen LogP contribution in [0.1, 0.15) is 39.5 Å². The van der Waals surface area contributed by atoms with Crippen molar-refractivity contribution in [3.05, 3.63) is 64.7 Å². The number of hydrogen-bond donors (Lipinski definition) is 1. The van der Waals surface area contributed by atoms with Crippen molar-refractivity contribution in [1.82, 2.24) is 10.2 Å². The summed E-state index contributed by atoms with van der Waals surface area (Å²) >= 11 is 0. The highest BCUT2D eigenvalue weighted by Crippen LogP contribution is 2.44. The molecular formula is C23H26N2O2. The zero-order valence-corrected chi connectivity index (χ0v) is 15.8. The van der Waals surface area contributed by atoms with E-state index in [9.17, 15) is 4.79 Å². The first kappa shape index (κ1) is 16.8. The molecule has 2 aromatic rings. The maximum Gasteiger partial charge on any atom is 0.254 e. The first-order chi connectivity index (χ1) is 13.2. The minimum atomic E-state index is 0.158. The van der Waals surface area contributed by atoms with Crippen LogP contribution in [0, 0.1) is 18.8 Å². The van der Waals surface area contributed by atoms with E-state index in [0.29, 0.717) is 11.8 Å². The van der Waals surface area contributed by atoms with Gasteiger partial charge in [-0.15, -0.1) is 0 Å². The monoisotopic (exact) mass is 362 g/mol. The fourth-order valence-corrected chi connectivity index (χ4v) is 5.11. The Hall–Kier alpha value is -2.33. The molecule has 0 radical (unpaired) electrons. The number of aryl methyl sites for hydroxylation is 2. The summed E-state index contributed by atoms with van der Waals surface area (Å²) in [4.78, 5) is 15.7. The standard InChI is InChI=1S/C23H26N2O2/c1-15-5-2-3-7-19(15)22-20-13-24-12-18(20)14-25(22)23(26)17-8-9-21-16(11-17)6-4-10-27-21/h2-3,5,7-9,11,18,20,22,24H,4,6,10,12-14H2,1H3/t18-,20-,22+/m0/s1. The molecule has 3 atom stereocenters. The third-order valence-corrected chi connectivity index (χ3v) is 6.49. The molecule has 0 unspecified atom stereocenters. The summed E-state index contributed by atoms with van der Waals surface area (Å²) in [6.07, 6.45) is 2.02. The normalized spacial score (nSPS) is 26.4. The summed E-state index contributed by atoms with van der Waals surface area (Å²) in [5.74, 6) is 2.14. The molecule has 1 N–H and O–H groups in total. The van der Waals surface area contributed by atoms with Gasteiger partial charge in [0.1, 0.15) is 5.75 Å². The van der Waals surface area contributed by atoms with Crippen LogP contribution in [0.25, 0.3) is 0 Å². The van der Waals surface area contributed by atoms with Crippen molar-refractivity contribution in [2.45, 2.75) is 25.8 Å². The van der Waals surface area contributed by atoms with E-state index in [0.717, 1.165) is 50.4 Å². The molecule has 4 nitrogen and oxygen atoms in total. The topological polar surface area (TPSA) is 41.6 Å². The lowest BCUT2D eigenvalue weighted by atomic mass is 9.87. The minimum absolute atomic E-state index is 0.158. The molecule has 5 rings (SSSR count). The van der Waals surface area contributed by atoms with Gasteiger partial charge in [-0.3, -0.25) is 4.79 Å². The largest absolute Gasteiger partial charge is 0.493 e. The summed E-state index contributed by atoms with van der Waals surface area (Å²) < 4.78 is 5.72. The lowest BCUT2D eigenvalue weighted by molar-refractivity contribution is 0.0713. The van der Waals surface area contributed by atoms with Crippen molar-refractivity contribution in [2.24, 2.45) is 11.8 Å². The maximum atomic E-state index is 13.5. The summed E-state index contributed by atoms with van der Waals surface area (Å²) in [6, 6.07) is 14.6. The number of carbonyl (C=O) groups is 1. The van der Waals surface area contributed by atoms with E-state index in [1.54, 1.807) is 0 Å². The first-order valence-electron chi connectivity index (χ1n) is 10.1. The number of rotatable bonds is 2. The van der Waals surface area contributed by atoms with Crippen LogP contribution in [0.2, 0.25) is 0 Å². The molecule has 0 spiro atoms. The van der Waals surface area contributed by atoms with Gasteiger partial charge in [0, 0.05) is 31.1 Å². The Balaban J connectivity index is 1.51. The van der Waals surface area contributed by atoms with Crippen molar-refractivity contribution < 1.29 is 9.53 Å². The van der Waals surface area contributed by atoms with Gasteiger partial charge in [0.05, 0.1) is 12.6 Å². The van der Waals surface area contributed by atoms with Crippen LogP contribution in [0.4, 0.5) is 0 Å². The average molecular weight is 362 g/mol. The molecule has 0 bridgehead atoms. The molecule has 2 saturated heterocycles. The predicted molar refractivity (Wildman–Crippen MR) is 105 cm³/mol. The summed E-state index contributed by atoms with van der Waals surface area (Å²) in [7, 11) is 0. The molecule has 27 heavy (non-hydrogen) atoms. The smallest absolute Gasteiger partial charge is 0.254 e. The number of hydrogen-bond acceptors (Lipinski definition) is 3. The molecule has 3 aliphatic heterocycles. The highest BCUT2D eigenvalue weighted by Gasteiger charge is 2.47. The van der Waals surface area contributed by atoms with Gasteiger partial charge in [-0.05, 0) is 60.6 Å². The number of fused-ring (bicyclic) bond motifs is 2. The van der Waals surface area contributed by atoms with Gasteiger partial charge in [-0.1, -0.05) is 24.3 Å². The van der Waals surface area contributed by atoms with E-state index in [4.69, 9.17) is 4.74 Å². The molecular weight excluding hydrogens is 336 g/mol. The van der Waals surface area contributed by atoms with Gasteiger partial charge >= 0.3 is 0 Å². The van der Waals surface area contributed by atoms with Crippen molar-refractivity contribution >= 4 is 5.91 Å². The molecule has 0 aromatic heterocycles. The molecule has 140 valence electrons. The quantitative estimate of drug-likeness (QED) is 0.891. The Morgan fingerprint density at radius 1 is 1.19 bits per heavy atom. The highest BCUT2D eigenvalue weighted by molar-refractivity contribution is 5.95. The zero-order chi connectivity index (χ0) is 18.4. The van der Waals surface area contributed by atoms with E-state index in [1.165, 1.54) is 16.7 Å². The Bertz CT molecular complexity index is 878. The number of nitrogens with zero attached hydrogens (tertiary/aromatic N) is 1. The Morgan fingerprint density at radius 3 is 2.96 bits per heavy atom. The van der Waals surface area contributed by atoms with Crippen LogP contribution in [0.5, 0.6) is 5.75 Å². The number of carbonyl (C=O) groups excluding carboxylic acids is 1. The summed E-state index contributed by atoms with van der Waals surface area (Å²) in [6.45, 7) is 5.77. The number of amides is 1. The summed E-state index contributed by atoms with van der Waals surface area (Å²) in [5, 5.41) is 3.53. The number of likely N-dealkylation sites (tertiary alicyclic amines) is 1. The van der Waals surface area contributed by atoms with E-state index in [2.05, 4.69) is 47.5 Å². The summed E-state index contributed by atoms with van der Waals surface area (Å²) in [5.41, 5.74) is 4.53. The SMILES string of the molecule is Cc1ccccc1[C@@H]1[C@H]2CNC[C@H]2CN1C(=O)c1ccc2c(c1)CCCO2. The van der Waals surface area contributed by atoms with Crippen molar-refractivity contribution in [3.8, 4) is 5.75 Å². The third kappa shape index (κ3) is 2.83. The van der Waals surface area contributed by atoms with Crippen LogP contribution in [-0.2, 0) is 6.42 Å². The van der Waals surface area contributed by atoms with Crippen molar-refractivity contribution in [2.75, 3.05) is 26.2 Å². The van der Waals surface area contributed by atoms with Crippen molar-refractivity contribution in [3.63, 3.8) is 0 Å². The molecule has 0 saturated carbocycles. The van der Waals surface area contributed by atoms with Crippen molar-refractivity contribution in [1.29, 1.82) is 0 Å². The van der Waals surface area contributed by atoms with Gasteiger partial charge in [-0.25, -0.2) is 0 Å². The Labute approximate surface area is 160 Å². The van der Waals surface area contributed by atoms with Crippen LogP contribution < -0.4 is 10.1 Å². The lowest BCUT2D eigenvalue weighted by Crippen LogP contribution is -2.35. The van der Waals surface area contributed by atoms with Gasteiger partial charge in [0.25, 0.3) is 5.91 Å². The van der Waals surface area contributed by atoms with E-state index < -0.39 is 0 Å². The second kappa shape index (κ2) is 6.68. The Kier molecular flexibility index (Phi) is 4.16. The lowest BCUT2D eigenvalue weighted by Gasteiger charge is -2.30. The molecule has 0 aliphatic carbocycles.